The van der Waals surface area contributed by atoms with Crippen LogP contribution in [0.5, 0.6) is 0 Å². The van der Waals surface area contributed by atoms with Gasteiger partial charge in [-0.15, -0.1) is 11.8 Å². The smallest absolute Gasteiger partial charge is 0.408 e. The highest BCUT2D eigenvalue weighted by Crippen LogP contribution is 2.52. The molecule has 1 atom stereocenters. The average molecular weight is 536 g/mol. The number of hydrogen-bond donors (Lipinski definition) is 2. The van der Waals surface area contributed by atoms with Crippen molar-refractivity contribution in [1.82, 2.24) is 20.3 Å². The molecule has 0 radical (unpaired) electrons. The Hall–Kier alpha value is -3.40. The summed E-state index contributed by atoms with van der Waals surface area (Å²) in [4.78, 5) is 39.7. The molecule has 2 N–H and O–H groups in total. The number of alkyl carbamates (subject to hydrolysis) is 1. The van der Waals surface area contributed by atoms with Crippen molar-refractivity contribution in [3.8, 4) is 0 Å². The number of pyridine rings is 1. The predicted octanol–water partition coefficient (Wildman–Crippen LogP) is 5.00. The van der Waals surface area contributed by atoms with E-state index in [1.807, 2.05) is 39.0 Å². The second-order valence-corrected chi connectivity index (χ2v) is 12.1. The van der Waals surface area contributed by atoms with E-state index in [1.54, 1.807) is 6.20 Å². The summed E-state index contributed by atoms with van der Waals surface area (Å²) in [5.41, 5.74) is 3.10. The van der Waals surface area contributed by atoms with Crippen LogP contribution in [0.4, 0.5) is 10.6 Å². The molecule has 1 fully saturated rings. The molecule has 9 nitrogen and oxygen atoms in total. The van der Waals surface area contributed by atoms with E-state index in [9.17, 15) is 9.59 Å². The number of nitrogens with zero attached hydrogens (tertiary/aromatic N) is 4. The molecular formula is C28H33N5O4S. The largest absolute Gasteiger partial charge is 0.481 e. The zero-order chi connectivity index (χ0) is 26.9. The number of aliphatic carboxylic acids is 1. The fourth-order valence-corrected chi connectivity index (χ4v) is 6.24. The van der Waals surface area contributed by atoms with Gasteiger partial charge in [0.15, 0.2) is 5.65 Å². The Labute approximate surface area is 226 Å². The number of aromatic nitrogens is 3. The maximum absolute atomic E-state index is 12.8. The second kappa shape index (κ2) is 10.4. The van der Waals surface area contributed by atoms with Crippen LogP contribution in [-0.4, -0.2) is 56.6 Å². The first-order chi connectivity index (χ1) is 18.1. The Morgan fingerprint density at radius 3 is 2.66 bits per heavy atom. The summed E-state index contributed by atoms with van der Waals surface area (Å²) < 4.78 is 5.61. The van der Waals surface area contributed by atoms with Gasteiger partial charge in [-0.1, -0.05) is 24.3 Å². The molecule has 0 unspecified atom stereocenters. The van der Waals surface area contributed by atoms with Crippen LogP contribution in [0.15, 0.2) is 47.6 Å². The number of carbonyl (C=O) groups excluding carboxylic acids is 1. The first-order valence-electron chi connectivity index (χ1n) is 12.9. The summed E-state index contributed by atoms with van der Waals surface area (Å²) >= 11 is 1.40. The summed E-state index contributed by atoms with van der Waals surface area (Å²) in [5, 5.41) is 12.8. The number of benzene rings is 1. The molecule has 3 heterocycles. The van der Waals surface area contributed by atoms with Crippen molar-refractivity contribution in [1.29, 1.82) is 0 Å². The number of thioether (sulfide) groups is 1. The minimum absolute atomic E-state index is 0.0784. The number of hydrogen-bond acceptors (Lipinski definition) is 8. The van der Waals surface area contributed by atoms with Gasteiger partial charge in [-0.2, -0.15) is 0 Å². The fourth-order valence-electron chi connectivity index (χ4n) is 5.44. The third-order valence-electron chi connectivity index (χ3n) is 7.20. The van der Waals surface area contributed by atoms with Crippen molar-refractivity contribution in [3.05, 3.63) is 53.7 Å². The van der Waals surface area contributed by atoms with Gasteiger partial charge in [0.05, 0.1) is 23.7 Å². The van der Waals surface area contributed by atoms with Gasteiger partial charge < -0.3 is 20.1 Å². The molecule has 1 aliphatic carbocycles. The highest BCUT2D eigenvalue weighted by atomic mass is 32.2. The standard InChI is InChI=1S/C28H33N5O4S/c1-27(2,3)37-26(36)32-24-19-7-5-4-6-18(19)16-28(24)11-13-33(14-12-28)21-17-29-25-20(30-21)8-9-22(31-25)38-15-10-23(34)35/h4-9,17,24H,10-16H2,1-3H3,(H,32,36)(H,34,35)/t24-/m1/s1. The number of anilines is 1. The summed E-state index contributed by atoms with van der Waals surface area (Å²) in [6, 6.07) is 12.0. The van der Waals surface area contributed by atoms with Crippen LogP contribution in [0.25, 0.3) is 11.2 Å². The zero-order valence-corrected chi connectivity index (χ0v) is 22.8. The maximum Gasteiger partial charge on any atom is 0.408 e. The lowest BCUT2D eigenvalue weighted by atomic mass is 9.72. The number of piperidine rings is 1. The minimum atomic E-state index is -0.820. The molecule has 1 amide bonds. The summed E-state index contributed by atoms with van der Waals surface area (Å²) in [7, 11) is 0. The number of nitrogens with one attached hydrogen (secondary N) is 1. The van der Waals surface area contributed by atoms with Crippen LogP contribution >= 0.6 is 11.8 Å². The van der Waals surface area contributed by atoms with Crippen LogP contribution in [0.1, 0.15) is 57.2 Å². The van der Waals surface area contributed by atoms with Crippen LogP contribution in [0.2, 0.25) is 0 Å². The van der Waals surface area contributed by atoms with Crippen molar-refractivity contribution < 1.29 is 19.4 Å². The SMILES string of the molecule is CC(C)(C)OC(=O)N[C@@H]1c2ccccc2CC12CCN(c1cnc3nc(SCCC(=O)O)ccc3n1)CC2. The van der Waals surface area contributed by atoms with Gasteiger partial charge in [0.1, 0.15) is 16.9 Å². The van der Waals surface area contributed by atoms with Gasteiger partial charge in [0.2, 0.25) is 0 Å². The highest BCUT2D eigenvalue weighted by molar-refractivity contribution is 7.99. The number of amides is 1. The Balaban J connectivity index is 1.29. The van der Waals surface area contributed by atoms with Gasteiger partial charge in [0, 0.05) is 24.3 Å². The van der Waals surface area contributed by atoms with E-state index in [0.29, 0.717) is 16.9 Å². The van der Waals surface area contributed by atoms with Gasteiger partial charge in [0.25, 0.3) is 0 Å². The van der Waals surface area contributed by atoms with Crippen molar-refractivity contribution in [2.45, 2.75) is 63.1 Å². The van der Waals surface area contributed by atoms with Crippen molar-refractivity contribution in [2.75, 3.05) is 23.7 Å². The number of carboxylic acids is 1. The van der Waals surface area contributed by atoms with Crippen LogP contribution in [-0.2, 0) is 16.0 Å². The van der Waals surface area contributed by atoms with E-state index in [-0.39, 0.29) is 24.0 Å². The predicted molar refractivity (Wildman–Crippen MR) is 146 cm³/mol. The Bertz CT molecular complexity index is 1350. The first kappa shape index (κ1) is 26.2. The van der Waals surface area contributed by atoms with E-state index in [2.05, 4.69) is 38.4 Å². The van der Waals surface area contributed by atoms with Crippen LogP contribution in [0, 0.1) is 5.41 Å². The fraction of sp³-hybridized carbons (Fsp3) is 0.464. The van der Waals surface area contributed by atoms with E-state index in [1.165, 1.54) is 22.9 Å². The summed E-state index contributed by atoms with van der Waals surface area (Å²) in [6.45, 7) is 7.24. The second-order valence-electron chi connectivity index (χ2n) is 11.0. The van der Waals surface area contributed by atoms with E-state index in [0.717, 1.165) is 43.2 Å². The molecule has 38 heavy (non-hydrogen) atoms. The molecule has 5 rings (SSSR count). The summed E-state index contributed by atoms with van der Waals surface area (Å²) in [5.74, 6) is 0.453. The number of rotatable bonds is 6. The molecule has 0 bridgehead atoms. The Morgan fingerprint density at radius 2 is 1.92 bits per heavy atom. The number of carboxylic acid groups (broad SMARTS) is 1. The quantitative estimate of drug-likeness (QED) is 0.420. The lowest BCUT2D eigenvalue weighted by Gasteiger charge is -2.43. The van der Waals surface area contributed by atoms with Crippen molar-refractivity contribution in [2.24, 2.45) is 5.41 Å². The lowest BCUT2D eigenvalue weighted by molar-refractivity contribution is -0.136. The van der Waals surface area contributed by atoms with Crippen molar-refractivity contribution >= 4 is 40.8 Å². The Morgan fingerprint density at radius 1 is 1.16 bits per heavy atom. The molecule has 1 saturated heterocycles. The van der Waals surface area contributed by atoms with E-state index < -0.39 is 11.6 Å². The summed E-state index contributed by atoms with van der Waals surface area (Å²) in [6.07, 6.45) is 4.20. The van der Waals surface area contributed by atoms with Gasteiger partial charge in [-0.05, 0) is 63.3 Å². The van der Waals surface area contributed by atoms with Crippen LogP contribution < -0.4 is 10.2 Å². The Kier molecular flexibility index (Phi) is 7.17. The first-order valence-corrected chi connectivity index (χ1v) is 13.9. The monoisotopic (exact) mass is 535 g/mol. The van der Waals surface area contributed by atoms with Crippen molar-refractivity contribution in [3.63, 3.8) is 0 Å². The number of fused-ring (bicyclic) bond motifs is 2. The number of carbonyl (C=O) groups is 2. The topological polar surface area (TPSA) is 118 Å². The van der Waals surface area contributed by atoms with Gasteiger partial charge in [-0.3, -0.25) is 4.79 Å². The molecule has 1 aromatic carbocycles. The van der Waals surface area contributed by atoms with Gasteiger partial charge >= 0.3 is 12.1 Å². The molecule has 1 spiro atoms. The third-order valence-corrected chi connectivity index (χ3v) is 8.13. The highest BCUT2D eigenvalue weighted by Gasteiger charge is 2.48. The van der Waals surface area contributed by atoms with E-state index >= 15 is 0 Å². The molecule has 10 heteroatoms. The molecular weight excluding hydrogens is 502 g/mol. The molecule has 3 aromatic rings. The third kappa shape index (κ3) is 5.70. The minimum Gasteiger partial charge on any atom is -0.481 e. The maximum atomic E-state index is 12.8. The molecule has 1 aliphatic heterocycles. The molecule has 2 aliphatic rings. The van der Waals surface area contributed by atoms with E-state index in [4.69, 9.17) is 14.8 Å². The average Bonchev–Trinajstić information content (AvgIpc) is 3.15. The van der Waals surface area contributed by atoms with Gasteiger partial charge in [-0.25, -0.2) is 19.7 Å². The molecule has 2 aromatic heterocycles. The van der Waals surface area contributed by atoms with Crippen LogP contribution in [0.3, 0.4) is 0 Å². The zero-order valence-electron chi connectivity index (χ0n) is 21.9. The number of ether oxygens (including phenoxy) is 1. The normalized spacial score (nSPS) is 18.4. The molecule has 0 saturated carbocycles. The molecule has 200 valence electrons. The lowest BCUT2D eigenvalue weighted by Crippen LogP contribution is -2.47.